The first-order chi connectivity index (χ1) is 13.1. The summed E-state index contributed by atoms with van der Waals surface area (Å²) in [5, 5.41) is 0. The zero-order valence-corrected chi connectivity index (χ0v) is 17.3. The van der Waals surface area contributed by atoms with E-state index in [1.54, 1.807) is 0 Å². The maximum Gasteiger partial charge on any atom is 0.233 e. The minimum absolute atomic E-state index is 0.200. The molecule has 3 heteroatoms. The predicted molar refractivity (Wildman–Crippen MR) is 111 cm³/mol. The van der Waals surface area contributed by atoms with Gasteiger partial charge in [0.25, 0.3) is 0 Å². The molecule has 3 aliphatic rings. The van der Waals surface area contributed by atoms with Gasteiger partial charge >= 0.3 is 0 Å². The quantitative estimate of drug-likeness (QED) is 0.784. The van der Waals surface area contributed by atoms with Crippen LogP contribution in [0.4, 0.5) is 0 Å². The summed E-state index contributed by atoms with van der Waals surface area (Å²) >= 11 is 0. The van der Waals surface area contributed by atoms with Gasteiger partial charge in [-0.25, -0.2) is 0 Å². The van der Waals surface area contributed by atoms with Crippen molar-refractivity contribution in [2.45, 2.75) is 70.6 Å². The molecule has 0 aromatic heterocycles. The molecule has 3 fully saturated rings. The molecule has 0 atom stereocenters. The molecule has 27 heavy (non-hydrogen) atoms. The van der Waals surface area contributed by atoms with Gasteiger partial charge in [0.05, 0.1) is 5.41 Å². The molecule has 3 nitrogen and oxygen atoms in total. The van der Waals surface area contributed by atoms with Gasteiger partial charge in [0.1, 0.15) is 0 Å². The van der Waals surface area contributed by atoms with Gasteiger partial charge < -0.3 is 9.80 Å². The van der Waals surface area contributed by atoms with Crippen molar-refractivity contribution in [2.75, 3.05) is 32.7 Å². The number of piperidine rings is 1. The van der Waals surface area contributed by atoms with Crippen LogP contribution in [-0.2, 0) is 10.2 Å². The van der Waals surface area contributed by atoms with E-state index in [2.05, 4.69) is 41.8 Å². The molecule has 2 aliphatic heterocycles. The van der Waals surface area contributed by atoms with E-state index in [0.29, 0.717) is 5.91 Å². The number of likely N-dealkylation sites (tertiary alicyclic amines) is 2. The normalized spacial score (nSPS) is 23.9. The summed E-state index contributed by atoms with van der Waals surface area (Å²) < 4.78 is 0. The lowest BCUT2D eigenvalue weighted by Gasteiger charge is -2.36. The van der Waals surface area contributed by atoms with Crippen LogP contribution in [0, 0.1) is 19.8 Å². The first-order valence-electron chi connectivity index (χ1n) is 11.2. The highest BCUT2D eigenvalue weighted by Gasteiger charge is 2.53. The Kier molecular flexibility index (Phi) is 5.59. The average Bonchev–Trinajstić information content (AvgIpc) is 3.47. The van der Waals surface area contributed by atoms with Crippen molar-refractivity contribution in [1.29, 1.82) is 0 Å². The van der Waals surface area contributed by atoms with Crippen LogP contribution < -0.4 is 0 Å². The summed E-state index contributed by atoms with van der Waals surface area (Å²) in [6.45, 7) is 10.0. The first kappa shape index (κ1) is 19.0. The molecular weight excluding hydrogens is 332 g/mol. The third kappa shape index (κ3) is 4.23. The molecular formula is C24H36N2O. The highest BCUT2D eigenvalue weighted by Crippen LogP contribution is 2.50. The highest BCUT2D eigenvalue weighted by molar-refractivity contribution is 5.91. The monoisotopic (exact) mass is 368 g/mol. The third-order valence-electron chi connectivity index (χ3n) is 7.05. The largest absolute Gasteiger partial charge is 0.342 e. The Morgan fingerprint density at radius 3 is 2.07 bits per heavy atom. The second kappa shape index (κ2) is 7.95. The van der Waals surface area contributed by atoms with Crippen molar-refractivity contribution >= 4 is 5.91 Å². The van der Waals surface area contributed by atoms with E-state index >= 15 is 0 Å². The fourth-order valence-electron chi connectivity index (χ4n) is 5.31. The van der Waals surface area contributed by atoms with Crippen LogP contribution in [0.1, 0.15) is 68.1 Å². The second-order valence-electron chi connectivity index (χ2n) is 9.41. The maximum absolute atomic E-state index is 13.4. The molecule has 1 aromatic carbocycles. The molecule has 1 aromatic rings. The number of amides is 1. The molecule has 148 valence electrons. The van der Waals surface area contributed by atoms with E-state index in [1.807, 2.05) is 0 Å². The predicted octanol–water partition coefficient (Wildman–Crippen LogP) is 4.45. The summed E-state index contributed by atoms with van der Waals surface area (Å²) in [5.74, 6) is 1.18. The lowest BCUT2D eigenvalue weighted by atomic mass is 9.89. The van der Waals surface area contributed by atoms with Crippen LogP contribution in [0.3, 0.4) is 0 Å². The Balaban J connectivity index is 1.34. The van der Waals surface area contributed by atoms with Gasteiger partial charge in [-0.05, 0) is 76.9 Å². The molecule has 1 amide bonds. The summed E-state index contributed by atoms with van der Waals surface area (Å²) in [6.07, 6.45) is 9.99. The Morgan fingerprint density at radius 2 is 1.52 bits per heavy atom. The minimum atomic E-state index is -0.200. The maximum atomic E-state index is 13.4. The van der Waals surface area contributed by atoms with Crippen LogP contribution in [0.5, 0.6) is 0 Å². The van der Waals surface area contributed by atoms with E-state index in [0.717, 1.165) is 31.8 Å². The molecule has 0 bridgehead atoms. The van der Waals surface area contributed by atoms with Gasteiger partial charge in [0.15, 0.2) is 0 Å². The molecule has 2 saturated heterocycles. The fourth-order valence-corrected chi connectivity index (χ4v) is 5.31. The van der Waals surface area contributed by atoms with Gasteiger partial charge in [-0.2, -0.15) is 0 Å². The fraction of sp³-hybridized carbons (Fsp3) is 0.708. The van der Waals surface area contributed by atoms with Crippen LogP contribution in [0.25, 0.3) is 0 Å². The highest BCUT2D eigenvalue weighted by atomic mass is 16.2. The summed E-state index contributed by atoms with van der Waals surface area (Å²) in [7, 11) is 0. The molecule has 0 radical (unpaired) electrons. The van der Waals surface area contributed by atoms with Crippen molar-refractivity contribution in [3.05, 3.63) is 34.9 Å². The van der Waals surface area contributed by atoms with E-state index < -0.39 is 0 Å². The number of carbonyl (C=O) groups excluding carboxylic acids is 1. The third-order valence-corrected chi connectivity index (χ3v) is 7.05. The SMILES string of the molecule is Cc1cc(C)cc(C2(C(=O)N3CCC(CN4CCCCCC4)CC3)CC2)c1. The summed E-state index contributed by atoms with van der Waals surface area (Å²) in [4.78, 5) is 18.2. The van der Waals surface area contributed by atoms with Gasteiger partial charge in [-0.15, -0.1) is 0 Å². The topological polar surface area (TPSA) is 23.6 Å². The van der Waals surface area contributed by atoms with E-state index in [1.165, 1.54) is 74.8 Å². The van der Waals surface area contributed by atoms with Crippen LogP contribution in [0.2, 0.25) is 0 Å². The standard InChI is InChI=1S/C24H36N2O/c1-19-15-20(2)17-22(16-19)24(9-10-24)23(27)26-13-7-21(8-14-26)18-25-11-5-3-4-6-12-25/h15-17,21H,3-14,18H2,1-2H3. The van der Waals surface area contributed by atoms with E-state index in [4.69, 9.17) is 0 Å². The van der Waals surface area contributed by atoms with Crippen molar-refractivity contribution in [3.63, 3.8) is 0 Å². The Labute approximate surface area is 165 Å². The van der Waals surface area contributed by atoms with Crippen LogP contribution in [0.15, 0.2) is 18.2 Å². The number of hydrogen-bond donors (Lipinski definition) is 0. The molecule has 4 rings (SSSR count). The first-order valence-corrected chi connectivity index (χ1v) is 11.2. The van der Waals surface area contributed by atoms with Gasteiger partial charge in [-0.3, -0.25) is 4.79 Å². The Hall–Kier alpha value is -1.35. The number of benzene rings is 1. The van der Waals surface area contributed by atoms with Gasteiger partial charge in [0, 0.05) is 19.6 Å². The number of nitrogens with zero attached hydrogens (tertiary/aromatic N) is 2. The lowest BCUT2D eigenvalue weighted by Crippen LogP contribution is -2.45. The van der Waals surface area contributed by atoms with Crippen LogP contribution >= 0.6 is 0 Å². The average molecular weight is 369 g/mol. The number of aryl methyl sites for hydroxylation is 2. The number of carbonyl (C=O) groups is 1. The minimum Gasteiger partial charge on any atom is -0.342 e. The van der Waals surface area contributed by atoms with Gasteiger partial charge in [0.2, 0.25) is 5.91 Å². The van der Waals surface area contributed by atoms with Crippen LogP contribution in [-0.4, -0.2) is 48.4 Å². The lowest BCUT2D eigenvalue weighted by molar-refractivity contribution is -0.135. The number of rotatable bonds is 4. The summed E-state index contributed by atoms with van der Waals surface area (Å²) in [6, 6.07) is 6.69. The van der Waals surface area contributed by atoms with Crippen molar-refractivity contribution < 1.29 is 4.79 Å². The van der Waals surface area contributed by atoms with Crippen molar-refractivity contribution in [1.82, 2.24) is 9.80 Å². The van der Waals surface area contributed by atoms with E-state index in [9.17, 15) is 4.79 Å². The smallest absolute Gasteiger partial charge is 0.233 e. The molecule has 0 N–H and O–H groups in total. The Bertz CT molecular complexity index is 643. The Morgan fingerprint density at radius 1 is 0.926 bits per heavy atom. The van der Waals surface area contributed by atoms with Crippen molar-refractivity contribution in [3.8, 4) is 0 Å². The second-order valence-corrected chi connectivity index (χ2v) is 9.41. The molecule has 1 aliphatic carbocycles. The zero-order chi connectivity index (χ0) is 18.9. The zero-order valence-electron chi connectivity index (χ0n) is 17.3. The molecule has 1 saturated carbocycles. The van der Waals surface area contributed by atoms with Gasteiger partial charge in [-0.1, -0.05) is 42.2 Å². The van der Waals surface area contributed by atoms with Crippen molar-refractivity contribution in [2.24, 2.45) is 5.92 Å². The molecule has 0 spiro atoms. The summed E-state index contributed by atoms with van der Waals surface area (Å²) in [5.41, 5.74) is 3.62. The molecule has 0 unspecified atom stereocenters. The number of hydrogen-bond acceptors (Lipinski definition) is 2. The molecule has 2 heterocycles. The van der Waals surface area contributed by atoms with E-state index in [-0.39, 0.29) is 5.41 Å².